The molecule has 0 bridgehead atoms. The molecule has 3 amide bonds. The van der Waals surface area contributed by atoms with Gasteiger partial charge in [-0.3, -0.25) is 4.79 Å². The van der Waals surface area contributed by atoms with E-state index < -0.39 is 6.03 Å². The Labute approximate surface area is 155 Å². The molecule has 1 atom stereocenters. The zero-order chi connectivity index (χ0) is 17.8. The lowest BCUT2D eigenvalue weighted by Gasteiger charge is -2.17. The molecule has 1 aliphatic rings. The molecule has 130 valence electrons. The van der Waals surface area contributed by atoms with Gasteiger partial charge in [-0.15, -0.1) is 0 Å². The van der Waals surface area contributed by atoms with Gasteiger partial charge in [-0.2, -0.15) is 0 Å². The molecular formula is C18H17Cl2N3O2. The number of carbonyl (C=O) groups excluding carboxylic acids is 2. The Hall–Kier alpha value is -2.24. The highest BCUT2D eigenvalue weighted by Gasteiger charge is 2.30. The monoisotopic (exact) mass is 377 g/mol. The largest absolute Gasteiger partial charge is 0.336 e. The van der Waals surface area contributed by atoms with E-state index in [-0.39, 0.29) is 18.4 Å². The molecule has 1 unspecified atom stereocenters. The average molecular weight is 378 g/mol. The lowest BCUT2D eigenvalue weighted by molar-refractivity contribution is -0.128. The number of nitrogens with zero attached hydrogens (tertiary/aromatic N) is 1. The van der Waals surface area contributed by atoms with Crippen LogP contribution in [0.1, 0.15) is 12.0 Å². The first kappa shape index (κ1) is 17.6. The lowest BCUT2D eigenvalue weighted by atomic mass is 10.2. The van der Waals surface area contributed by atoms with Crippen LogP contribution in [0.4, 0.5) is 10.5 Å². The van der Waals surface area contributed by atoms with Gasteiger partial charge >= 0.3 is 6.03 Å². The van der Waals surface area contributed by atoms with Crippen LogP contribution < -0.4 is 10.6 Å². The van der Waals surface area contributed by atoms with Crippen molar-refractivity contribution in [3.63, 3.8) is 0 Å². The van der Waals surface area contributed by atoms with Crippen molar-refractivity contribution in [2.75, 3.05) is 11.9 Å². The molecule has 0 aromatic heterocycles. The SMILES string of the molecule is O=C(Nc1cc(Cl)cc(Cl)c1)NC1CC(=O)N(Cc2ccccc2)C1. The van der Waals surface area contributed by atoms with E-state index in [4.69, 9.17) is 23.2 Å². The topological polar surface area (TPSA) is 61.4 Å². The van der Waals surface area contributed by atoms with E-state index in [9.17, 15) is 9.59 Å². The van der Waals surface area contributed by atoms with E-state index in [1.54, 1.807) is 23.1 Å². The van der Waals surface area contributed by atoms with Gasteiger partial charge in [-0.1, -0.05) is 53.5 Å². The molecule has 2 aromatic carbocycles. The van der Waals surface area contributed by atoms with Gasteiger partial charge in [-0.25, -0.2) is 4.79 Å². The Kier molecular flexibility index (Phi) is 5.46. The van der Waals surface area contributed by atoms with Crippen LogP contribution in [0, 0.1) is 0 Å². The first-order chi connectivity index (χ1) is 12.0. The summed E-state index contributed by atoms with van der Waals surface area (Å²) in [5.41, 5.74) is 1.56. The van der Waals surface area contributed by atoms with Gasteiger partial charge in [0.15, 0.2) is 0 Å². The van der Waals surface area contributed by atoms with E-state index in [1.165, 1.54) is 0 Å². The quantitative estimate of drug-likeness (QED) is 0.847. The minimum atomic E-state index is -0.391. The van der Waals surface area contributed by atoms with Gasteiger partial charge in [-0.05, 0) is 23.8 Å². The molecule has 0 radical (unpaired) electrons. The van der Waals surface area contributed by atoms with Crippen LogP contribution in [-0.2, 0) is 11.3 Å². The summed E-state index contributed by atoms with van der Waals surface area (Å²) in [4.78, 5) is 26.0. The molecule has 7 heteroatoms. The molecule has 0 spiro atoms. The Bertz CT molecular complexity index is 763. The zero-order valence-electron chi connectivity index (χ0n) is 13.3. The first-order valence-electron chi connectivity index (χ1n) is 7.85. The van der Waals surface area contributed by atoms with Crippen molar-refractivity contribution in [3.05, 3.63) is 64.1 Å². The fraction of sp³-hybridized carbons (Fsp3) is 0.222. The summed E-state index contributed by atoms with van der Waals surface area (Å²) in [5.74, 6) is 0.0277. The zero-order valence-corrected chi connectivity index (χ0v) is 14.8. The maximum atomic E-state index is 12.1. The number of hydrogen-bond acceptors (Lipinski definition) is 2. The van der Waals surface area contributed by atoms with Crippen LogP contribution in [0.15, 0.2) is 48.5 Å². The molecule has 1 aliphatic heterocycles. The fourth-order valence-corrected chi connectivity index (χ4v) is 3.33. The normalized spacial score (nSPS) is 16.8. The number of hydrogen-bond donors (Lipinski definition) is 2. The average Bonchev–Trinajstić information content (AvgIpc) is 2.86. The van der Waals surface area contributed by atoms with E-state index in [1.807, 2.05) is 30.3 Å². The van der Waals surface area contributed by atoms with Crippen molar-refractivity contribution in [1.82, 2.24) is 10.2 Å². The number of anilines is 1. The van der Waals surface area contributed by atoms with Crippen molar-refractivity contribution < 1.29 is 9.59 Å². The van der Waals surface area contributed by atoms with Gasteiger partial charge in [0, 0.05) is 35.2 Å². The second-order valence-electron chi connectivity index (χ2n) is 5.92. The molecule has 0 aliphatic carbocycles. The summed E-state index contributed by atoms with van der Waals surface area (Å²) in [7, 11) is 0. The summed E-state index contributed by atoms with van der Waals surface area (Å²) in [6.45, 7) is 1.03. The second kappa shape index (κ2) is 7.76. The maximum Gasteiger partial charge on any atom is 0.319 e. The number of likely N-dealkylation sites (tertiary alicyclic amines) is 1. The Morgan fingerprint density at radius 3 is 2.48 bits per heavy atom. The number of benzene rings is 2. The van der Waals surface area contributed by atoms with E-state index in [0.29, 0.717) is 28.8 Å². The molecule has 5 nitrogen and oxygen atoms in total. The summed E-state index contributed by atoms with van der Waals surface area (Å²) in [6, 6.07) is 13.9. The fourth-order valence-electron chi connectivity index (χ4n) is 2.80. The van der Waals surface area contributed by atoms with Crippen LogP contribution in [0.25, 0.3) is 0 Å². The summed E-state index contributed by atoms with van der Waals surface area (Å²) < 4.78 is 0. The van der Waals surface area contributed by atoms with Crippen LogP contribution >= 0.6 is 23.2 Å². The highest BCUT2D eigenvalue weighted by molar-refractivity contribution is 6.35. The molecule has 3 rings (SSSR count). The van der Waals surface area contributed by atoms with Crippen molar-refractivity contribution in [3.8, 4) is 0 Å². The summed E-state index contributed by atoms with van der Waals surface area (Å²) in [5, 5.41) is 6.37. The molecule has 25 heavy (non-hydrogen) atoms. The minimum absolute atomic E-state index is 0.0277. The molecular weight excluding hydrogens is 361 g/mol. The van der Waals surface area contributed by atoms with E-state index >= 15 is 0 Å². The highest BCUT2D eigenvalue weighted by atomic mass is 35.5. The van der Waals surface area contributed by atoms with Crippen molar-refractivity contribution in [1.29, 1.82) is 0 Å². The number of halogens is 2. The minimum Gasteiger partial charge on any atom is -0.336 e. The number of rotatable bonds is 4. The summed E-state index contributed by atoms with van der Waals surface area (Å²) in [6.07, 6.45) is 0.288. The molecule has 1 fully saturated rings. The second-order valence-corrected chi connectivity index (χ2v) is 6.79. The molecule has 2 N–H and O–H groups in total. The van der Waals surface area contributed by atoms with Gasteiger partial charge in [0.05, 0.1) is 6.04 Å². The number of carbonyl (C=O) groups is 2. The summed E-state index contributed by atoms with van der Waals surface area (Å²) >= 11 is 11.8. The third-order valence-electron chi connectivity index (χ3n) is 3.89. The van der Waals surface area contributed by atoms with Crippen LogP contribution in [0.5, 0.6) is 0 Å². The molecule has 1 heterocycles. The highest BCUT2D eigenvalue weighted by Crippen LogP contribution is 2.22. The first-order valence-corrected chi connectivity index (χ1v) is 8.60. The predicted molar refractivity (Wildman–Crippen MR) is 98.9 cm³/mol. The Balaban J connectivity index is 1.55. The lowest BCUT2D eigenvalue weighted by Crippen LogP contribution is -2.39. The van der Waals surface area contributed by atoms with Gasteiger partial charge in [0.2, 0.25) is 5.91 Å². The Morgan fingerprint density at radius 1 is 1.12 bits per heavy atom. The maximum absolute atomic E-state index is 12.1. The predicted octanol–water partition coefficient (Wildman–Crippen LogP) is 3.92. The van der Waals surface area contributed by atoms with Crippen LogP contribution in [0.3, 0.4) is 0 Å². The van der Waals surface area contributed by atoms with Crippen LogP contribution in [-0.4, -0.2) is 29.4 Å². The number of amides is 3. The van der Waals surface area contributed by atoms with Crippen molar-refractivity contribution in [2.45, 2.75) is 19.0 Å². The van der Waals surface area contributed by atoms with Crippen molar-refractivity contribution >= 4 is 40.8 Å². The Morgan fingerprint density at radius 2 is 1.80 bits per heavy atom. The number of nitrogens with one attached hydrogen (secondary N) is 2. The van der Waals surface area contributed by atoms with E-state index in [2.05, 4.69) is 10.6 Å². The standard InChI is InChI=1S/C18H17Cl2N3O2/c19-13-6-14(20)8-15(7-13)21-18(25)22-16-9-17(24)23(11-16)10-12-4-2-1-3-5-12/h1-8,16H,9-11H2,(H2,21,22,25). The van der Waals surface area contributed by atoms with Crippen molar-refractivity contribution in [2.24, 2.45) is 0 Å². The third kappa shape index (κ3) is 4.87. The van der Waals surface area contributed by atoms with Gasteiger partial charge < -0.3 is 15.5 Å². The van der Waals surface area contributed by atoms with Gasteiger partial charge in [0.25, 0.3) is 0 Å². The smallest absolute Gasteiger partial charge is 0.319 e. The number of urea groups is 1. The van der Waals surface area contributed by atoms with E-state index in [0.717, 1.165) is 5.56 Å². The molecule has 1 saturated heterocycles. The van der Waals surface area contributed by atoms with Crippen LogP contribution in [0.2, 0.25) is 10.0 Å². The molecule has 2 aromatic rings. The van der Waals surface area contributed by atoms with Gasteiger partial charge in [0.1, 0.15) is 0 Å². The molecule has 0 saturated carbocycles. The third-order valence-corrected chi connectivity index (χ3v) is 4.32.